The number of thiazole rings is 1. The van der Waals surface area contributed by atoms with Crippen molar-refractivity contribution in [3.63, 3.8) is 0 Å². The number of fused-ring (bicyclic) bond motifs is 1. The van der Waals surface area contributed by atoms with E-state index in [9.17, 15) is 4.79 Å². The van der Waals surface area contributed by atoms with E-state index in [0.717, 1.165) is 27.4 Å². The van der Waals surface area contributed by atoms with Gasteiger partial charge < -0.3 is 14.8 Å². The molecule has 0 spiro atoms. The summed E-state index contributed by atoms with van der Waals surface area (Å²) >= 11 is 1.39. The number of benzene rings is 2. The van der Waals surface area contributed by atoms with E-state index in [0.29, 0.717) is 16.5 Å². The molecular formula is C21H18N4O3S. The number of rotatable bonds is 6. The summed E-state index contributed by atoms with van der Waals surface area (Å²) in [6.45, 7) is 0. The fourth-order valence-corrected chi connectivity index (χ4v) is 3.64. The lowest BCUT2D eigenvalue weighted by molar-refractivity contribution is 0.102. The molecule has 2 heterocycles. The van der Waals surface area contributed by atoms with Crippen molar-refractivity contribution in [3.05, 3.63) is 66.4 Å². The molecule has 0 aliphatic heterocycles. The summed E-state index contributed by atoms with van der Waals surface area (Å²) in [6.07, 6.45) is 1.63. The van der Waals surface area contributed by atoms with Gasteiger partial charge in [-0.25, -0.2) is 9.97 Å². The zero-order valence-corrected chi connectivity index (χ0v) is 16.6. The number of hydrogen-bond acceptors (Lipinski definition) is 7. The highest BCUT2D eigenvalue weighted by atomic mass is 32.1. The summed E-state index contributed by atoms with van der Waals surface area (Å²) in [5.41, 5.74) is 2.01. The molecule has 0 aliphatic rings. The summed E-state index contributed by atoms with van der Waals surface area (Å²) in [6, 6.07) is 16.4. The minimum Gasteiger partial charge on any atom is -0.497 e. The molecule has 0 atom stereocenters. The van der Waals surface area contributed by atoms with E-state index in [1.54, 1.807) is 32.5 Å². The van der Waals surface area contributed by atoms with Gasteiger partial charge >= 0.3 is 0 Å². The summed E-state index contributed by atoms with van der Waals surface area (Å²) in [5, 5.41) is 6.54. The average molecular weight is 406 g/mol. The molecule has 0 radical (unpaired) electrons. The fourth-order valence-electron chi connectivity index (χ4n) is 2.75. The van der Waals surface area contributed by atoms with Crippen molar-refractivity contribution >= 4 is 44.1 Å². The Bertz CT molecular complexity index is 1160. The van der Waals surface area contributed by atoms with Gasteiger partial charge in [0.15, 0.2) is 5.13 Å². The van der Waals surface area contributed by atoms with E-state index in [4.69, 9.17) is 9.47 Å². The lowest BCUT2D eigenvalue weighted by atomic mass is 10.2. The van der Waals surface area contributed by atoms with Crippen LogP contribution in [0.3, 0.4) is 0 Å². The molecule has 2 N–H and O–H groups in total. The second kappa shape index (κ2) is 8.15. The summed E-state index contributed by atoms with van der Waals surface area (Å²) in [5.74, 6) is 1.66. The quantitative estimate of drug-likeness (QED) is 0.483. The normalized spacial score (nSPS) is 10.6. The van der Waals surface area contributed by atoms with Gasteiger partial charge in [0, 0.05) is 11.9 Å². The van der Waals surface area contributed by atoms with Gasteiger partial charge in [0.25, 0.3) is 5.91 Å². The van der Waals surface area contributed by atoms with Gasteiger partial charge in [-0.2, -0.15) is 0 Å². The Morgan fingerprint density at radius 2 is 1.76 bits per heavy atom. The SMILES string of the molecule is COc1ccc(Nc2ncccc2C(=O)Nc2nc3ccc(OC)cc3s2)cc1. The Morgan fingerprint density at radius 3 is 2.52 bits per heavy atom. The van der Waals surface area contributed by atoms with Gasteiger partial charge in [0.05, 0.1) is 30.0 Å². The topological polar surface area (TPSA) is 85.4 Å². The third-order valence-electron chi connectivity index (χ3n) is 4.22. The van der Waals surface area contributed by atoms with Crippen molar-refractivity contribution in [2.75, 3.05) is 24.9 Å². The predicted octanol–water partition coefficient (Wildman–Crippen LogP) is 4.70. The van der Waals surface area contributed by atoms with Crippen molar-refractivity contribution in [2.45, 2.75) is 0 Å². The Balaban J connectivity index is 1.55. The molecule has 0 fully saturated rings. The van der Waals surface area contributed by atoms with Crippen molar-refractivity contribution in [1.82, 2.24) is 9.97 Å². The van der Waals surface area contributed by atoms with Crippen LogP contribution in [0, 0.1) is 0 Å². The number of nitrogens with one attached hydrogen (secondary N) is 2. The van der Waals surface area contributed by atoms with Crippen LogP contribution in [0.5, 0.6) is 11.5 Å². The maximum absolute atomic E-state index is 12.9. The molecule has 2 aromatic carbocycles. The van der Waals surface area contributed by atoms with Gasteiger partial charge in [-0.05, 0) is 54.6 Å². The number of nitrogens with zero attached hydrogens (tertiary/aromatic N) is 2. The predicted molar refractivity (Wildman–Crippen MR) is 115 cm³/mol. The van der Waals surface area contributed by atoms with Gasteiger partial charge in [-0.1, -0.05) is 11.3 Å². The standard InChI is InChI=1S/C21H18N4O3S/c1-27-14-7-5-13(6-8-14)23-19-16(4-3-11-22-19)20(26)25-21-24-17-10-9-15(28-2)12-18(17)29-21/h3-12H,1-2H3,(H,22,23)(H,24,25,26). The number of aromatic nitrogens is 2. The van der Waals surface area contributed by atoms with E-state index in [-0.39, 0.29) is 5.91 Å². The highest BCUT2D eigenvalue weighted by Gasteiger charge is 2.15. The number of carbonyl (C=O) groups is 1. The first-order chi connectivity index (χ1) is 14.2. The molecule has 8 heteroatoms. The van der Waals surface area contributed by atoms with Crippen LogP contribution in [0.2, 0.25) is 0 Å². The number of carbonyl (C=O) groups excluding carboxylic acids is 1. The first kappa shape index (κ1) is 18.7. The van der Waals surface area contributed by atoms with Crippen molar-refractivity contribution in [2.24, 2.45) is 0 Å². The van der Waals surface area contributed by atoms with E-state index in [1.807, 2.05) is 42.5 Å². The molecule has 2 aromatic heterocycles. The number of pyridine rings is 1. The molecule has 0 saturated carbocycles. The monoisotopic (exact) mass is 406 g/mol. The fraction of sp³-hybridized carbons (Fsp3) is 0.0952. The lowest BCUT2D eigenvalue weighted by Gasteiger charge is -2.10. The molecule has 4 aromatic rings. The zero-order valence-electron chi connectivity index (χ0n) is 15.8. The molecular weight excluding hydrogens is 388 g/mol. The molecule has 7 nitrogen and oxygen atoms in total. The van der Waals surface area contributed by atoms with Gasteiger partial charge in [-0.3, -0.25) is 10.1 Å². The number of methoxy groups -OCH3 is 2. The third-order valence-corrected chi connectivity index (χ3v) is 5.15. The van der Waals surface area contributed by atoms with Crippen LogP contribution in [-0.2, 0) is 0 Å². The van der Waals surface area contributed by atoms with E-state index >= 15 is 0 Å². The average Bonchev–Trinajstić information content (AvgIpc) is 3.15. The first-order valence-electron chi connectivity index (χ1n) is 8.78. The molecule has 0 saturated heterocycles. The molecule has 4 rings (SSSR count). The molecule has 0 bridgehead atoms. The van der Waals surface area contributed by atoms with Gasteiger partial charge in [-0.15, -0.1) is 0 Å². The smallest absolute Gasteiger partial charge is 0.261 e. The second-order valence-corrected chi connectivity index (χ2v) is 7.09. The molecule has 1 amide bonds. The van der Waals surface area contributed by atoms with Crippen LogP contribution in [0.15, 0.2) is 60.8 Å². The van der Waals surface area contributed by atoms with Crippen molar-refractivity contribution in [3.8, 4) is 11.5 Å². The lowest BCUT2D eigenvalue weighted by Crippen LogP contribution is -2.14. The minimum absolute atomic E-state index is 0.292. The van der Waals surface area contributed by atoms with E-state index in [2.05, 4.69) is 20.6 Å². The van der Waals surface area contributed by atoms with Crippen LogP contribution in [-0.4, -0.2) is 30.1 Å². The van der Waals surface area contributed by atoms with Crippen LogP contribution < -0.4 is 20.1 Å². The number of anilines is 3. The number of amides is 1. The minimum atomic E-state index is -0.292. The van der Waals surface area contributed by atoms with Crippen LogP contribution in [0.25, 0.3) is 10.2 Å². The van der Waals surface area contributed by atoms with Crippen LogP contribution in [0.4, 0.5) is 16.6 Å². The van der Waals surface area contributed by atoms with Crippen molar-refractivity contribution < 1.29 is 14.3 Å². The largest absolute Gasteiger partial charge is 0.497 e. The Labute approximate surface area is 171 Å². The number of ether oxygens (including phenoxy) is 2. The Kier molecular flexibility index (Phi) is 5.26. The summed E-state index contributed by atoms with van der Waals surface area (Å²) < 4.78 is 11.3. The second-order valence-electron chi connectivity index (χ2n) is 6.06. The molecule has 146 valence electrons. The van der Waals surface area contributed by atoms with E-state index < -0.39 is 0 Å². The highest BCUT2D eigenvalue weighted by molar-refractivity contribution is 7.22. The van der Waals surface area contributed by atoms with Crippen molar-refractivity contribution in [1.29, 1.82) is 0 Å². The first-order valence-corrected chi connectivity index (χ1v) is 9.60. The Morgan fingerprint density at radius 1 is 1.00 bits per heavy atom. The van der Waals surface area contributed by atoms with E-state index in [1.165, 1.54) is 11.3 Å². The maximum Gasteiger partial charge on any atom is 0.261 e. The summed E-state index contributed by atoms with van der Waals surface area (Å²) in [7, 11) is 3.23. The molecule has 0 aliphatic carbocycles. The van der Waals surface area contributed by atoms with Gasteiger partial charge in [0.1, 0.15) is 17.3 Å². The molecule has 0 unspecified atom stereocenters. The number of hydrogen-bond donors (Lipinski definition) is 2. The summed E-state index contributed by atoms with van der Waals surface area (Å²) in [4.78, 5) is 21.6. The third kappa shape index (κ3) is 4.12. The highest BCUT2D eigenvalue weighted by Crippen LogP contribution is 2.30. The maximum atomic E-state index is 12.9. The zero-order chi connectivity index (χ0) is 20.2. The van der Waals surface area contributed by atoms with Gasteiger partial charge in [0.2, 0.25) is 0 Å². The van der Waals surface area contributed by atoms with Crippen LogP contribution in [0.1, 0.15) is 10.4 Å². The van der Waals surface area contributed by atoms with Crippen LogP contribution >= 0.6 is 11.3 Å². The molecule has 29 heavy (non-hydrogen) atoms. The Hall–Kier alpha value is -3.65.